The summed E-state index contributed by atoms with van der Waals surface area (Å²) in [5, 5.41) is 0.633. The highest BCUT2D eigenvalue weighted by molar-refractivity contribution is 6.30. The van der Waals surface area contributed by atoms with Crippen LogP contribution in [0.25, 0.3) is 11.1 Å². The van der Waals surface area contributed by atoms with Gasteiger partial charge in [0, 0.05) is 10.6 Å². The summed E-state index contributed by atoms with van der Waals surface area (Å²) < 4.78 is 16.8. The van der Waals surface area contributed by atoms with Crippen molar-refractivity contribution < 1.29 is 19.0 Å². The summed E-state index contributed by atoms with van der Waals surface area (Å²) in [4.78, 5) is 12.7. The van der Waals surface area contributed by atoms with E-state index >= 15 is 0 Å². The van der Waals surface area contributed by atoms with E-state index in [0.717, 1.165) is 16.7 Å². The number of hydrogen-bond donors (Lipinski definition) is 0. The summed E-state index contributed by atoms with van der Waals surface area (Å²) in [6.07, 6.45) is 0. The molecule has 0 aromatic heterocycles. The Morgan fingerprint density at radius 3 is 2.47 bits per heavy atom. The maximum absolute atomic E-state index is 12.7. The van der Waals surface area contributed by atoms with E-state index in [1.165, 1.54) is 0 Å². The van der Waals surface area contributed by atoms with Gasteiger partial charge in [0.15, 0.2) is 0 Å². The predicted octanol–water partition coefficient (Wildman–Crippen LogP) is 5.30. The van der Waals surface area contributed by atoms with E-state index in [1.807, 2.05) is 78.9 Å². The smallest absolute Gasteiger partial charge is 0.345 e. The van der Waals surface area contributed by atoms with Gasteiger partial charge in [-0.1, -0.05) is 78.3 Å². The first-order valence-electron chi connectivity index (χ1n) is 9.83. The van der Waals surface area contributed by atoms with Crippen molar-refractivity contribution in [1.82, 2.24) is 0 Å². The van der Waals surface area contributed by atoms with Crippen molar-refractivity contribution in [3.05, 3.63) is 95.5 Å². The van der Waals surface area contributed by atoms with Crippen LogP contribution in [0.3, 0.4) is 0 Å². The molecule has 1 heterocycles. The van der Waals surface area contributed by atoms with Gasteiger partial charge in [0.2, 0.25) is 5.60 Å². The van der Waals surface area contributed by atoms with Gasteiger partial charge in [-0.3, -0.25) is 0 Å². The molecule has 30 heavy (non-hydrogen) atoms. The van der Waals surface area contributed by atoms with Gasteiger partial charge in [0.1, 0.15) is 0 Å². The molecule has 3 aromatic rings. The average molecular weight is 424 g/mol. The molecule has 1 aliphatic rings. The highest BCUT2D eigenvalue weighted by Gasteiger charge is 2.46. The fraction of sp³-hybridized carbons (Fsp3) is 0.240. The van der Waals surface area contributed by atoms with Crippen LogP contribution in [0.4, 0.5) is 0 Å². The Bertz CT molecular complexity index is 910. The minimum absolute atomic E-state index is 0.128. The van der Waals surface area contributed by atoms with Crippen molar-refractivity contribution in [3.63, 3.8) is 0 Å². The number of hydrogen-bond acceptors (Lipinski definition) is 4. The first-order valence-corrected chi connectivity index (χ1v) is 10.2. The van der Waals surface area contributed by atoms with Crippen LogP contribution in [-0.2, 0) is 24.6 Å². The number of ether oxygens (including phenoxy) is 3. The van der Waals surface area contributed by atoms with Gasteiger partial charge >= 0.3 is 5.97 Å². The lowest BCUT2D eigenvalue weighted by Gasteiger charge is -2.36. The second kappa shape index (κ2) is 10.9. The molecule has 1 fully saturated rings. The van der Waals surface area contributed by atoms with Gasteiger partial charge in [0.25, 0.3) is 0 Å². The number of carbonyl (C=O) groups excluding carboxylic acids is 1. The molecule has 0 spiro atoms. The van der Waals surface area contributed by atoms with E-state index in [-0.39, 0.29) is 13.2 Å². The molecule has 1 unspecified atom stereocenters. The summed E-state index contributed by atoms with van der Waals surface area (Å²) in [6, 6.07) is 27.6. The van der Waals surface area contributed by atoms with Crippen LogP contribution in [0, 0.1) is 6.07 Å². The Kier molecular flexibility index (Phi) is 8.03. The molecule has 5 heteroatoms. The Morgan fingerprint density at radius 1 is 1.07 bits per heavy atom. The van der Waals surface area contributed by atoms with Crippen molar-refractivity contribution in [1.29, 1.82) is 0 Å². The monoisotopic (exact) mass is 423 g/mol. The third kappa shape index (κ3) is 5.28. The second-order valence-corrected chi connectivity index (χ2v) is 7.02. The van der Waals surface area contributed by atoms with Crippen molar-refractivity contribution in [2.45, 2.75) is 12.5 Å². The van der Waals surface area contributed by atoms with Gasteiger partial charge in [-0.05, 0) is 36.2 Å². The van der Waals surface area contributed by atoms with Crippen LogP contribution in [0.15, 0.2) is 78.9 Å². The van der Waals surface area contributed by atoms with Crippen molar-refractivity contribution >= 4 is 17.6 Å². The molecule has 1 saturated heterocycles. The average Bonchev–Trinajstić information content (AvgIpc) is 2.81. The van der Waals surface area contributed by atoms with E-state index < -0.39 is 11.6 Å². The van der Waals surface area contributed by atoms with Crippen molar-refractivity contribution in [2.75, 3.05) is 26.4 Å². The number of benzene rings is 3. The highest BCUT2D eigenvalue weighted by atomic mass is 35.5. The number of carbonyl (C=O) groups is 1. The molecule has 1 aliphatic heterocycles. The minimum atomic E-state index is -1.26. The second-order valence-electron chi connectivity index (χ2n) is 6.58. The van der Waals surface area contributed by atoms with E-state index in [4.69, 9.17) is 25.8 Å². The third-order valence-electron chi connectivity index (χ3n) is 4.59. The molecule has 155 valence electrons. The largest absolute Gasteiger partial charge is 0.464 e. The SMILES string of the molecule is CCOC(=O)C1(c2ccccc2-c2cccc(Cl)c2)COCCO1.[c]1ccccc1. The van der Waals surface area contributed by atoms with Crippen LogP contribution in [0.2, 0.25) is 5.02 Å². The summed E-state index contributed by atoms with van der Waals surface area (Å²) in [6.45, 7) is 2.98. The zero-order valence-electron chi connectivity index (χ0n) is 16.8. The number of rotatable bonds is 4. The van der Waals surface area contributed by atoms with Gasteiger partial charge in [-0.25, -0.2) is 4.79 Å². The maximum atomic E-state index is 12.7. The molecule has 1 radical (unpaired) electrons. The normalized spacial score (nSPS) is 18.1. The standard InChI is InChI=1S/C19H19ClO4.C6H5/c1-2-23-18(21)19(13-22-10-11-24-19)17-9-4-3-8-16(17)14-6-5-7-15(20)12-14;1-2-4-6-5-3-1/h3-9,12H,2,10-11,13H2,1H3;1-5H. The van der Waals surface area contributed by atoms with Crippen molar-refractivity contribution in [3.8, 4) is 11.1 Å². The van der Waals surface area contributed by atoms with Crippen LogP contribution >= 0.6 is 11.6 Å². The molecule has 0 N–H and O–H groups in total. The zero-order valence-corrected chi connectivity index (χ0v) is 17.6. The molecule has 0 amide bonds. The van der Waals surface area contributed by atoms with E-state index in [9.17, 15) is 4.79 Å². The molecular weight excluding hydrogens is 400 g/mol. The highest BCUT2D eigenvalue weighted by Crippen LogP contribution is 2.38. The molecule has 4 nitrogen and oxygen atoms in total. The maximum Gasteiger partial charge on any atom is 0.345 e. The quantitative estimate of drug-likeness (QED) is 0.534. The fourth-order valence-electron chi connectivity index (χ4n) is 3.25. The zero-order chi connectivity index (χ0) is 21.2. The van der Waals surface area contributed by atoms with Crippen molar-refractivity contribution in [2.24, 2.45) is 0 Å². The summed E-state index contributed by atoms with van der Waals surface area (Å²) in [5.41, 5.74) is 1.26. The Balaban J connectivity index is 0.000000367. The fourth-order valence-corrected chi connectivity index (χ4v) is 3.44. The number of esters is 1. The third-order valence-corrected chi connectivity index (χ3v) is 4.83. The summed E-state index contributed by atoms with van der Waals surface area (Å²) in [7, 11) is 0. The van der Waals surface area contributed by atoms with Crippen LogP contribution in [0.5, 0.6) is 0 Å². The topological polar surface area (TPSA) is 44.8 Å². The first kappa shape index (κ1) is 22.0. The van der Waals surface area contributed by atoms with Gasteiger partial charge in [-0.15, -0.1) is 0 Å². The molecule has 1 atom stereocenters. The summed E-state index contributed by atoms with van der Waals surface area (Å²) in [5.74, 6) is -0.431. The minimum Gasteiger partial charge on any atom is -0.464 e. The van der Waals surface area contributed by atoms with E-state index in [0.29, 0.717) is 18.2 Å². The van der Waals surface area contributed by atoms with Gasteiger partial charge in [-0.2, -0.15) is 0 Å². The van der Waals surface area contributed by atoms with Crippen LogP contribution in [0.1, 0.15) is 12.5 Å². The van der Waals surface area contributed by atoms with Gasteiger partial charge < -0.3 is 14.2 Å². The van der Waals surface area contributed by atoms with Crippen LogP contribution < -0.4 is 0 Å². The van der Waals surface area contributed by atoms with E-state index in [2.05, 4.69) is 6.07 Å². The number of halogens is 1. The molecule has 3 aromatic carbocycles. The lowest BCUT2D eigenvalue weighted by molar-refractivity contribution is -0.202. The Labute approximate surface area is 182 Å². The molecule has 4 rings (SSSR count). The Morgan fingerprint density at radius 2 is 1.87 bits per heavy atom. The molecule has 0 aliphatic carbocycles. The predicted molar refractivity (Wildman–Crippen MR) is 117 cm³/mol. The summed E-state index contributed by atoms with van der Waals surface area (Å²) >= 11 is 6.13. The lowest BCUT2D eigenvalue weighted by atomic mass is 9.86. The molecule has 0 bridgehead atoms. The van der Waals surface area contributed by atoms with Gasteiger partial charge in [0.05, 0.1) is 26.4 Å². The van der Waals surface area contributed by atoms with Crippen LogP contribution in [-0.4, -0.2) is 32.4 Å². The molecular formula is C25H24ClO4. The first-order chi connectivity index (χ1) is 14.7. The van der Waals surface area contributed by atoms with E-state index in [1.54, 1.807) is 6.92 Å². The lowest BCUT2D eigenvalue weighted by Crippen LogP contribution is -2.48. The Hall–Kier alpha value is -2.66. The molecule has 0 saturated carbocycles.